The van der Waals surface area contributed by atoms with Gasteiger partial charge in [0.05, 0.1) is 42.9 Å². The van der Waals surface area contributed by atoms with Crippen LogP contribution in [0.3, 0.4) is 0 Å². The molecule has 0 radical (unpaired) electrons. The molecule has 0 saturated carbocycles. The minimum atomic E-state index is -2.07. The van der Waals surface area contributed by atoms with E-state index < -0.39 is 71.5 Å². The number of fused-ring (bicyclic) bond motifs is 4. The fourth-order valence-electron chi connectivity index (χ4n) is 11.9. The molecule has 1 spiro atoms. The summed E-state index contributed by atoms with van der Waals surface area (Å²) in [5.74, 6) is 4.32. The molecular weight excluding hydrogens is 979 g/mol. The smallest absolute Gasteiger partial charge is 0.329 e. The van der Waals surface area contributed by atoms with E-state index in [-0.39, 0.29) is 50.9 Å². The molecule has 6 amide bonds. The Morgan fingerprint density at radius 1 is 0.792 bits per heavy atom. The van der Waals surface area contributed by atoms with Crippen molar-refractivity contribution in [3.05, 3.63) is 191 Å². The summed E-state index contributed by atoms with van der Waals surface area (Å²) in [6.07, 6.45) is -0.943. The number of hydrogen-bond acceptors (Lipinski definition) is 12. The number of nitrogens with two attached hydrogens (primary N) is 1. The molecule has 17 heteroatoms. The van der Waals surface area contributed by atoms with Crippen molar-refractivity contribution >= 4 is 35.5 Å². The van der Waals surface area contributed by atoms with Gasteiger partial charge in [-0.3, -0.25) is 24.2 Å². The number of rotatable bonds is 12. The second kappa shape index (κ2) is 21.5. The first kappa shape index (κ1) is 50.5. The maximum absolute atomic E-state index is 16.9. The van der Waals surface area contributed by atoms with Gasteiger partial charge in [0.15, 0.2) is 11.5 Å². The molecule has 3 fully saturated rings. The summed E-state index contributed by atoms with van der Waals surface area (Å²) in [5.41, 5.74) is 7.94. The van der Waals surface area contributed by atoms with E-state index in [1.807, 2.05) is 127 Å². The summed E-state index contributed by atoms with van der Waals surface area (Å²) >= 11 is 0. The molecule has 11 rings (SSSR count). The van der Waals surface area contributed by atoms with Gasteiger partial charge in [-0.15, -0.1) is 0 Å². The van der Waals surface area contributed by atoms with E-state index in [0.29, 0.717) is 53.6 Å². The van der Waals surface area contributed by atoms with Crippen molar-refractivity contribution in [3.63, 3.8) is 0 Å². The standard InChI is InChI=1S/C60H57N7O10/c1-38(41-14-5-2-6-15-41)63-59(73)66-47-24-22-39(13-12-26-62-58(61)72)33-46(47)60(57(66)71)50(55(69)65-29-27-64(28-30-65)36-40-23-25-48-49(34-40)76-37-75-48)52-56(70)77-53(43-18-9-4-10-19-43)51(42-16-7-3-8-17-42)67(52)54(60)44-20-11-21-45(35-44)74-32-31-68/h2-11,14-25,33-35,38,50-54,68H,26-32,36-37H2,1H3,(H,63,73)(H3,61,62,72)/t38-,50-,51-,52-,53+,54+,60-/m1/s1. The van der Waals surface area contributed by atoms with Crippen LogP contribution in [0.15, 0.2) is 152 Å². The van der Waals surface area contributed by atoms with Crippen molar-refractivity contribution in [2.45, 2.75) is 49.2 Å². The Kier molecular flexibility index (Phi) is 14.1. The lowest BCUT2D eigenvalue weighted by Gasteiger charge is -2.46. The van der Waals surface area contributed by atoms with Gasteiger partial charge in [0.2, 0.25) is 18.6 Å². The maximum Gasteiger partial charge on any atom is 0.329 e. The van der Waals surface area contributed by atoms with Crippen molar-refractivity contribution in [1.82, 2.24) is 25.3 Å². The first-order valence-electron chi connectivity index (χ1n) is 25.7. The number of aliphatic hydroxyl groups is 1. The summed E-state index contributed by atoms with van der Waals surface area (Å²) in [5, 5.41) is 15.5. The molecule has 17 nitrogen and oxygen atoms in total. The highest BCUT2D eigenvalue weighted by Crippen LogP contribution is 2.66. The Morgan fingerprint density at radius 2 is 1.49 bits per heavy atom. The Labute approximate surface area is 445 Å². The first-order chi connectivity index (χ1) is 37.5. The Hall–Kier alpha value is -8.69. The summed E-state index contributed by atoms with van der Waals surface area (Å²) in [6, 6.07) is 40.8. The van der Waals surface area contributed by atoms with Crippen LogP contribution in [0.2, 0.25) is 0 Å². The van der Waals surface area contributed by atoms with Gasteiger partial charge < -0.3 is 45.3 Å². The normalized spacial score (nSPS) is 22.8. The number of nitrogens with one attached hydrogen (secondary N) is 2. The van der Waals surface area contributed by atoms with Crippen LogP contribution in [0.5, 0.6) is 17.2 Å². The Morgan fingerprint density at radius 3 is 2.22 bits per heavy atom. The molecular formula is C60H57N7O10. The molecule has 392 valence electrons. The lowest BCUT2D eigenvalue weighted by molar-refractivity contribution is -0.179. The minimum Gasteiger partial charge on any atom is -0.491 e. The molecule has 5 heterocycles. The second-order valence-electron chi connectivity index (χ2n) is 19.7. The van der Waals surface area contributed by atoms with Crippen LogP contribution in [0.25, 0.3) is 0 Å². The zero-order valence-corrected chi connectivity index (χ0v) is 42.2. The fraction of sp³-hybridized carbons (Fsp3) is 0.283. The van der Waals surface area contributed by atoms with Crippen molar-refractivity contribution in [2.24, 2.45) is 11.7 Å². The molecule has 0 aromatic heterocycles. The van der Waals surface area contributed by atoms with Gasteiger partial charge in [-0.25, -0.2) is 14.5 Å². The second-order valence-corrected chi connectivity index (χ2v) is 19.7. The average molecular weight is 1040 g/mol. The maximum atomic E-state index is 16.9. The van der Waals surface area contributed by atoms with Gasteiger partial charge in [-0.1, -0.05) is 121 Å². The third kappa shape index (κ3) is 9.45. The highest BCUT2D eigenvalue weighted by Gasteiger charge is 2.76. The number of ether oxygens (including phenoxy) is 4. The predicted molar refractivity (Wildman–Crippen MR) is 283 cm³/mol. The first-order valence-corrected chi connectivity index (χ1v) is 25.7. The molecule has 6 aromatic carbocycles. The van der Waals surface area contributed by atoms with Crippen LogP contribution in [0.1, 0.15) is 70.1 Å². The summed E-state index contributed by atoms with van der Waals surface area (Å²) in [7, 11) is 0. The highest BCUT2D eigenvalue weighted by molar-refractivity contribution is 6.24. The van der Waals surface area contributed by atoms with Crippen LogP contribution >= 0.6 is 0 Å². The SMILES string of the molecule is C[C@@H](NC(=O)N1C(=O)[C@@]2(c3cc(C#CCNC(N)=O)ccc31)[C@H](c1cccc(OCCO)c1)N1[C@H](c3ccccc3)[C@H](c3ccccc3)OC(=O)[C@H]1[C@@H]2C(=O)N1CCN(Cc2ccc3c(c2)OCO3)CC1)c1ccccc1. The quantitative estimate of drug-likeness (QED) is 0.0789. The van der Waals surface area contributed by atoms with Crippen molar-refractivity contribution < 1.29 is 48.0 Å². The van der Waals surface area contributed by atoms with Crippen LogP contribution in [0, 0.1) is 17.8 Å². The number of esters is 1. The number of morpholine rings is 1. The topological polar surface area (TPSA) is 206 Å². The monoisotopic (exact) mass is 1040 g/mol. The molecule has 0 aliphatic carbocycles. The lowest BCUT2D eigenvalue weighted by atomic mass is 9.64. The zero-order chi connectivity index (χ0) is 53.2. The number of amides is 6. The number of anilines is 1. The van der Waals surface area contributed by atoms with Crippen LogP contribution in [0.4, 0.5) is 15.3 Å². The van der Waals surface area contributed by atoms with Crippen molar-refractivity contribution in [2.75, 3.05) is 57.6 Å². The zero-order valence-electron chi connectivity index (χ0n) is 42.2. The van der Waals surface area contributed by atoms with Gasteiger partial charge in [0.25, 0.3) is 0 Å². The number of imide groups is 1. The minimum absolute atomic E-state index is 0.0373. The van der Waals surface area contributed by atoms with E-state index in [0.717, 1.165) is 21.6 Å². The van der Waals surface area contributed by atoms with E-state index in [1.165, 1.54) is 0 Å². The van der Waals surface area contributed by atoms with Crippen molar-refractivity contribution in [3.8, 4) is 29.1 Å². The number of primary amides is 1. The summed E-state index contributed by atoms with van der Waals surface area (Å²) < 4.78 is 24.0. The van der Waals surface area contributed by atoms with E-state index >= 15 is 19.2 Å². The molecule has 5 aliphatic rings. The molecule has 77 heavy (non-hydrogen) atoms. The number of carbonyl (C=O) groups is 5. The van der Waals surface area contributed by atoms with Crippen LogP contribution in [-0.2, 0) is 31.1 Å². The number of urea groups is 2. The number of cyclic esters (lactones) is 1. The van der Waals surface area contributed by atoms with Crippen molar-refractivity contribution in [1.29, 1.82) is 0 Å². The van der Waals surface area contributed by atoms with Crippen LogP contribution in [-0.4, -0.2) is 108 Å². The van der Waals surface area contributed by atoms with E-state index in [2.05, 4.69) is 27.4 Å². The number of benzene rings is 6. The van der Waals surface area contributed by atoms with Crippen LogP contribution < -0.4 is 35.5 Å². The number of piperazine rings is 1. The predicted octanol–water partition coefficient (Wildman–Crippen LogP) is 6.29. The third-order valence-corrected chi connectivity index (χ3v) is 15.2. The molecule has 5 aliphatic heterocycles. The molecule has 3 saturated heterocycles. The van der Waals surface area contributed by atoms with Gasteiger partial charge in [0, 0.05) is 38.3 Å². The van der Waals surface area contributed by atoms with E-state index in [9.17, 15) is 9.90 Å². The molecule has 7 atom stereocenters. The highest BCUT2D eigenvalue weighted by atomic mass is 16.7. The molecule has 6 aromatic rings. The Balaban J connectivity index is 1.12. The number of hydrogen-bond donors (Lipinski definition) is 4. The molecule has 0 unspecified atom stereocenters. The van der Waals surface area contributed by atoms with Gasteiger partial charge >= 0.3 is 18.0 Å². The van der Waals surface area contributed by atoms with Gasteiger partial charge in [-0.05, 0) is 82.8 Å². The number of nitrogens with zero attached hydrogens (tertiary/aromatic N) is 4. The Bertz CT molecular complexity index is 3270. The summed E-state index contributed by atoms with van der Waals surface area (Å²) in [4.78, 5) is 83.3. The summed E-state index contributed by atoms with van der Waals surface area (Å²) in [6.45, 7) is 3.57. The van der Waals surface area contributed by atoms with E-state index in [1.54, 1.807) is 41.3 Å². The lowest BCUT2D eigenvalue weighted by Crippen LogP contribution is -2.59. The van der Waals surface area contributed by atoms with Gasteiger partial charge in [-0.2, -0.15) is 0 Å². The third-order valence-electron chi connectivity index (χ3n) is 15.2. The van der Waals surface area contributed by atoms with Gasteiger partial charge in [0.1, 0.15) is 29.9 Å². The average Bonchev–Trinajstić information content (AvgIpc) is 4.34. The largest absolute Gasteiger partial charge is 0.491 e. The molecule has 0 bridgehead atoms. The molecule has 5 N–H and O–H groups in total. The number of carbonyl (C=O) groups excluding carboxylic acids is 5. The number of aliphatic hydroxyl groups excluding tert-OH is 1. The fourth-order valence-corrected chi connectivity index (χ4v) is 11.9. The van der Waals surface area contributed by atoms with E-state index in [4.69, 9.17) is 24.7 Å².